The second kappa shape index (κ2) is 37.5. The number of likely N-dealkylation sites (N-methyl/N-ethyl adjacent to an activating group) is 1. The highest BCUT2D eigenvalue weighted by Crippen LogP contribution is 2.38. The zero-order chi connectivity index (χ0) is 44.0. The number of esters is 2. The lowest BCUT2D eigenvalue weighted by atomic mass is 10.1. The minimum absolute atomic E-state index is 0.0399. The van der Waals surface area contributed by atoms with E-state index in [1.54, 1.807) is 0 Å². The molecule has 1 fully saturated rings. The van der Waals surface area contributed by atoms with Gasteiger partial charge in [0.05, 0.1) is 40.0 Å². The number of carbonyl (C=O) groups is 2. The van der Waals surface area contributed by atoms with Crippen LogP contribution in [0.25, 0.3) is 0 Å². The molecule has 0 spiro atoms. The van der Waals surface area contributed by atoms with Gasteiger partial charge in [0, 0.05) is 12.8 Å². The van der Waals surface area contributed by atoms with Gasteiger partial charge in [0.25, 0.3) is 7.82 Å². The molecule has 0 radical (unpaired) electrons. The first kappa shape index (κ1) is 55.9. The van der Waals surface area contributed by atoms with E-state index in [1.807, 2.05) is 21.1 Å². The molecule has 3 unspecified atom stereocenters. The van der Waals surface area contributed by atoms with Crippen molar-refractivity contribution in [2.24, 2.45) is 0 Å². The normalized spacial score (nSPS) is 17.3. The first-order chi connectivity index (χ1) is 29.0. The molecule has 11 heteroatoms. The fourth-order valence-electron chi connectivity index (χ4n) is 6.61. The minimum atomic E-state index is -4.64. The lowest BCUT2D eigenvalue weighted by molar-refractivity contribution is -0.870. The number of hydrogen-bond acceptors (Lipinski definition) is 9. The zero-order valence-corrected chi connectivity index (χ0v) is 39.7. The van der Waals surface area contributed by atoms with Crippen molar-refractivity contribution in [1.82, 2.24) is 0 Å². The third-order valence-corrected chi connectivity index (χ3v) is 11.5. The Labute approximate surface area is 367 Å². The summed E-state index contributed by atoms with van der Waals surface area (Å²) in [4.78, 5) is 37.7. The highest BCUT2D eigenvalue weighted by atomic mass is 31.2. The van der Waals surface area contributed by atoms with Gasteiger partial charge in [0.15, 0.2) is 6.10 Å². The van der Waals surface area contributed by atoms with Crippen molar-refractivity contribution in [2.45, 2.75) is 206 Å². The van der Waals surface area contributed by atoms with Crippen LogP contribution in [0, 0.1) is 0 Å². The summed E-state index contributed by atoms with van der Waals surface area (Å²) in [5.41, 5.74) is 0. The maximum atomic E-state index is 12.7. The van der Waals surface area contributed by atoms with Crippen LogP contribution in [0.4, 0.5) is 0 Å². The predicted octanol–water partition coefficient (Wildman–Crippen LogP) is 12.2. The van der Waals surface area contributed by atoms with Gasteiger partial charge in [-0.1, -0.05) is 146 Å². The Morgan fingerprint density at radius 3 is 1.70 bits per heavy atom. The van der Waals surface area contributed by atoms with Crippen LogP contribution in [0.2, 0.25) is 0 Å². The molecular formula is C49H88NO9P. The maximum Gasteiger partial charge on any atom is 0.306 e. The van der Waals surface area contributed by atoms with Crippen LogP contribution in [-0.2, 0) is 37.4 Å². The second-order valence-corrected chi connectivity index (χ2v) is 18.9. The van der Waals surface area contributed by atoms with Gasteiger partial charge in [-0.3, -0.25) is 14.2 Å². The molecule has 0 aliphatic carbocycles. The van der Waals surface area contributed by atoms with E-state index < -0.39 is 32.5 Å². The Hall–Kier alpha value is -2.07. The molecule has 1 rings (SSSR count). The summed E-state index contributed by atoms with van der Waals surface area (Å²) >= 11 is 0. The SMILES string of the molecule is CCCCCC/C=C\C/C=C\C/C=C\CCCCCCCCC(=O)O[C@H](COC(=O)CCCCCCC/C=C\CC1OC1CCCCC)COP(=O)([O-])OCC[N+](C)(C)C. The Morgan fingerprint density at radius 2 is 1.12 bits per heavy atom. The standard InChI is InChI=1S/C49H88NO9P/c1-6-8-10-11-12-13-14-15-16-17-18-19-20-21-22-23-24-29-32-36-40-49(52)58-45(44-57-60(53,54)56-42-41-50(3,4)5)43-55-48(51)39-35-31-28-26-25-27-30-34-38-47-46(59-47)37-33-9-7-2/h13-14,16-17,19-20,30,34,45-47H,6-12,15,18,21-29,31-33,35-44H2,1-5H3/b14-13-,17-16-,20-19-,34-30-/t45-,46?,47?/m1/s1. The van der Waals surface area contributed by atoms with Crippen LogP contribution in [0.3, 0.4) is 0 Å². The number of allylic oxidation sites excluding steroid dienone is 7. The molecule has 1 aliphatic rings. The van der Waals surface area contributed by atoms with Crippen LogP contribution >= 0.6 is 7.82 Å². The maximum absolute atomic E-state index is 12.7. The van der Waals surface area contributed by atoms with E-state index >= 15 is 0 Å². The van der Waals surface area contributed by atoms with Crippen molar-refractivity contribution in [3.63, 3.8) is 0 Å². The number of rotatable bonds is 42. The predicted molar refractivity (Wildman–Crippen MR) is 244 cm³/mol. The van der Waals surface area contributed by atoms with E-state index in [0.29, 0.717) is 36.1 Å². The molecule has 0 bridgehead atoms. The van der Waals surface area contributed by atoms with Gasteiger partial charge in [-0.25, -0.2) is 0 Å². The van der Waals surface area contributed by atoms with Crippen LogP contribution in [0.1, 0.15) is 187 Å². The summed E-state index contributed by atoms with van der Waals surface area (Å²) < 4.78 is 39.7. The zero-order valence-electron chi connectivity index (χ0n) is 38.8. The molecule has 1 saturated heterocycles. The summed E-state index contributed by atoms with van der Waals surface area (Å²) in [6.07, 6.45) is 45.9. The molecule has 1 heterocycles. The van der Waals surface area contributed by atoms with Crippen LogP contribution in [-0.4, -0.2) is 82.2 Å². The molecule has 0 aromatic heterocycles. The highest BCUT2D eigenvalue weighted by molar-refractivity contribution is 7.45. The van der Waals surface area contributed by atoms with Gasteiger partial charge in [-0.2, -0.15) is 0 Å². The summed E-state index contributed by atoms with van der Waals surface area (Å²) in [5, 5.41) is 0. The number of nitrogens with zero attached hydrogens (tertiary/aromatic N) is 1. The number of phosphoric ester groups is 1. The van der Waals surface area contributed by atoms with Gasteiger partial charge in [0.1, 0.15) is 19.8 Å². The molecule has 1 aliphatic heterocycles. The monoisotopic (exact) mass is 866 g/mol. The Kier molecular flexibility index (Phi) is 34.9. The quantitative estimate of drug-likeness (QED) is 0.0147. The molecule has 0 saturated carbocycles. The molecule has 0 aromatic carbocycles. The molecule has 348 valence electrons. The van der Waals surface area contributed by atoms with Crippen molar-refractivity contribution >= 4 is 19.8 Å². The Bertz CT molecular complexity index is 1230. The highest BCUT2D eigenvalue weighted by Gasteiger charge is 2.36. The number of ether oxygens (including phenoxy) is 3. The molecule has 10 nitrogen and oxygen atoms in total. The van der Waals surface area contributed by atoms with E-state index in [-0.39, 0.29) is 26.1 Å². The Balaban J connectivity index is 2.26. The average molecular weight is 866 g/mol. The van der Waals surface area contributed by atoms with Crippen LogP contribution in [0.15, 0.2) is 48.6 Å². The molecule has 0 amide bonds. The second-order valence-electron chi connectivity index (χ2n) is 17.5. The largest absolute Gasteiger partial charge is 0.756 e. The smallest absolute Gasteiger partial charge is 0.306 e. The van der Waals surface area contributed by atoms with Crippen molar-refractivity contribution in [2.75, 3.05) is 47.5 Å². The van der Waals surface area contributed by atoms with E-state index in [0.717, 1.165) is 89.9 Å². The van der Waals surface area contributed by atoms with Gasteiger partial charge >= 0.3 is 11.9 Å². The van der Waals surface area contributed by atoms with E-state index in [9.17, 15) is 19.0 Å². The molecular weight excluding hydrogens is 778 g/mol. The summed E-state index contributed by atoms with van der Waals surface area (Å²) in [6, 6.07) is 0. The molecule has 4 atom stereocenters. The summed E-state index contributed by atoms with van der Waals surface area (Å²) in [7, 11) is 1.14. The van der Waals surface area contributed by atoms with Crippen LogP contribution in [0.5, 0.6) is 0 Å². The first-order valence-electron chi connectivity index (χ1n) is 24.0. The van der Waals surface area contributed by atoms with Crippen molar-refractivity contribution in [1.29, 1.82) is 0 Å². The minimum Gasteiger partial charge on any atom is -0.756 e. The van der Waals surface area contributed by atoms with Gasteiger partial charge in [0.2, 0.25) is 0 Å². The van der Waals surface area contributed by atoms with Gasteiger partial charge < -0.3 is 32.6 Å². The number of unbranched alkanes of at least 4 members (excludes halogenated alkanes) is 17. The van der Waals surface area contributed by atoms with Gasteiger partial charge in [-0.15, -0.1) is 0 Å². The number of epoxide rings is 1. The average Bonchev–Trinajstić information content (AvgIpc) is 3.96. The number of phosphoric acid groups is 1. The number of carbonyl (C=O) groups excluding carboxylic acids is 2. The van der Waals surface area contributed by atoms with Crippen molar-refractivity contribution in [3.05, 3.63) is 48.6 Å². The van der Waals surface area contributed by atoms with Crippen molar-refractivity contribution in [3.8, 4) is 0 Å². The third kappa shape index (κ3) is 37.7. The first-order valence-corrected chi connectivity index (χ1v) is 25.4. The third-order valence-electron chi connectivity index (χ3n) is 10.5. The lowest BCUT2D eigenvalue weighted by Crippen LogP contribution is -2.37. The van der Waals surface area contributed by atoms with E-state index in [2.05, 4.69) is 62.5 Å². The fourth-order valence-corrected chi connectivity index (χ4v) is 7.34. The number of quaternary nitrogens is 1. The topological polar surface area (TPSA) is 124 Å². The van der Waals surface area contributed by atoms with Crippen molar-refractivity contribution < 1.29 is 46.8 Å². The molecule has 0 aromatic rings. The van der Waals surface area contributed by atoms with E-state index in [4.69, 9.17) is 23.3 Å². The molecule has 60 heavy (non-hydrogen) atoms. The Morgan fingerprint density at radius 1 is 0.617 bits per heavy atom. The fraction of sp³-hybridized carbons (Fsp3) is 0.796. The molecule has 0 N–H and O–H groups in total. The van der Waals surface area contributed by atoms with Crippen LogP contribution < -0.4 is 4.89 Å². The summed E-state index contributed by atoms with van der Waals surface area (Å²) in [6.45, 7) is 4.14. The number of hydrogen-bond donors (Lipinski definition) is 0. The van der Waals surface area contributed by atoms with E-state index in [1.165, 1.54) is 57.8 Å². The van der Waals surface area contributed by atoms with Gasteiger partial charge in [-0.05, 0) is 77.0 Å². The summed E-state index contributed by atoms with van der Waals surface area (Å²) in [5.74, 6) is -0.871. The lowest BCUT2D eigenvalue weighted by Gasteiger charge is -2.28.